The van der Waals surface area contributed by atoms with E-state index in [2.05, 4.69) is 9.97 Å². The summed E-state index contributed by atoms with van der Waals surface area (Å²) in [5.74, 6) is 0.464. The van der Waals surface area contributed by atoms with Gasteiger partial charge in [-0.15, -0.1) is 0 Å². The standard InChI is InChI=1S/C22H28ClN3O4/c1-15-12-24-13-18(25-15)22(29)26-9-4-2-3-5-16-11-17(23)6-7-21(16)30-14-20(28)19(27)8-10-26/h6-7,11-13,19-20,27-28H,2-5,8-10,14H2,1H3/t19-,20+/m0/s1. The predicted molar refractivity (Wildman–Crippen MR) is 114 cm³/mol. The van der Waals surface area contributed by atoms with Gasteiger partial charge < -0.3 is 19.8 Å². The highest BCUT2D eigenvalue weighted by Gasteiger charge is 2.23. The maximum atomic E-state index is 12.9. The van der Waals surface area contributed by atoms with E-state index in [0.29, 0.717) is 29.6 Å². The zero-order valence-electron chi connectivity index (χ0n) is 17.1. The first-order valence-corrected chi connectivity index (χ1v) is 10.7. The fraction of sp³-hybridized carbons (Fsp3) is 0.500. The normalized spacial score (nSPS) is 21.3. The molecule has 8 heteroatoms. The molecule has 2 aromatic rings. The van der Waals surface area contributed by atoms with Gasteiger partial charge in [0.2, 0.25) is 0 Å². The second-order valence-corrected chi connectivity index (χ2v) is 8.07. The minimum atomic E-state index is -1.06. The molecule has 2 heterocycles. The lowest BCUT2D eigenvalue weighted by molar-refractivity contribution is -0.0153. The first-order valence-electron chi connectivity index (χ1n) is 10.3. The quantitative estimate of drug-likeness (QED) is 0.718. The van der Waals surface area contributed by atoms with Crippen molar-refractivity contribution < 1.29 is 19.7 Å². The molecular weight excluding hydrogens is 406 g/mol. The average molecular weight is 434 g/mol. The Morgan fingerprint density at radius 2 is 2.00 bits per heavy atom. The third kappa shape index (κ3) is 6.14. The molecule has 0 bridgehead atoms. The monoisotopic (exact) mass is 433 g/mol. The highest BCUT2D eigenvalue weighted by Crippen LogP contribution is 2.25. The van der Waals surface area contributed by atoms with E-state index in [0.717, 1.165) is 31.2 Å². The molecule has 2 atom stereocenters. The highest BCUT2D eigenvalue weighted by atomic mass is 35.5. The van der Waals surface area contributed by atoms with E-state index in [1.54, 1.807) is 30.2 Å². The summed E-state index contributed by atoms with van der Waals surface area (Å²) in [6.45, 7) is 2.62. The first kappa shape index (κ1) is 22.5. The van der Waals surface area contributed by atoms with Crippen LogP contribution in [0.15, 0.2) is 30.6 Å². The first-order chi connectivity index (χ1) is 14.4. The summed E-state index contributed by atoms with van der Waals surface area (Å²) >= 11 is 6.12. The SMILES string of the molecule is Cc1cncc(C(=O)N2CCCCCc3cc(Cl)ccc3OC[C@@H](O)[C@@H](O)CC2)n1. The van der Waals surface area contributed by atoms with Crippen molar-refractivity contribution in [3.8, 4) is 5.75 Å². The Morgan fingerprint density at radius 3 is 2.80 bits per heavy atom. The maximum Gasteiger partial charge on any atom is 0.274 e. The van der Waals surface area contributed by atoms with Crippen LogP contribution >= 0.6 is 11.6 Å². The summed E-state index contributed by atoms with van der Waals surface area (Å²) in [6.07, 6.45) is 4.68. The van der Waals surface area contributed by atoms with Crippen LogP contribution in [0.25, 0.3) is 0 Å². The predicted octanol–water partition coefficient (Wildman–Crippen LogP) is 2.80. The molecule has 0 spiro atoms. The fourth-order valence-electron chi connectivity index (χ4n) is 3.49. The van der Waals surface area contributed by atoms with Crippen LogP contribution in [0.4, 0.5) is 0 Å². The number of carbonyl (C=O) groups excluding carboxylic acids is 1. The number of amides is 1. The number of aliphatic hydroxyl groups is 2. The number of aromatic nitrogens is 2. The Kier molecular flexibility index (Phi) is 8.01. The van der Waals surface area contributed by atoms with Crippen LogP contribution < -0.4 is 4.74 Å². The van der Waals surface area contributed by atoms with E-state index in [9.17, 15) is 15.0 Å². The Bertz CT molecular complexity index is 864. The van der Waals surface area contributed by atoms with Crippen LogP contribution in [0, 0.1) is 6.92 Å². The molecule has 0 aliphatic carbocycles. The molecule has 1 amide bonds. The molecule has 1 aliphatic heterocycles. The van der Waals surface area contributed by atoms with Crippen LogP contribution in [-0.4, -0.2) is 62.9 Å². The van der Waals surface area contributed by atoms with Crippen molar-refractivity contribution in [2.24, 2.45) is 0 Å². The van der Waals surface area contributed by atoms with Crippen molar-refractivity contribution >= 4 is 17.5 Å². The minimum absolute atomic E-state index is 0.0346. The van der Waals surface area contributed by atoms with Crippen LogP contribution in [0.2, 0.25) is 5.02 Å². The Labute approximate surface area is 181 Å². The number of carbonyl (C=O) groups is 1. The number of fused-ring (bicyclic) bond motifs is 1. The largest absolute Gasteiger partial charge is 0.491 e. The highest BCUT2D eigenvalue weighted by molar-refractivity contribution is 6.30. The number of halogens is 1. The Morgan fingerprint density at radius 1 is 1.17 bits per heavy atom. The van der Waals surface area contributed by atoms with Gasteiger partial charge in [-0.2, -0.15) is 0 Å². The second kappa shape index (κ2) is 10.7. The smallest absolute Gasteiger partial charge is 0.274 e. The third-order valence-corrected chi connectivity index (χ3v) is 5.44. The third-order valence-electron chi connectivity index (χ3n) is 5.21. The van der Waals surface area contributed by atoms with Crippen molar-refractivity contribution in [2.45, 2.75) is 51.2 Å². The lowest BCUT2D eigenvalue weighted by Crippen LogP contribution is -2.39. The summed E-state index contributed by atoms with van der Waals surface area (Å²) in [7, 11) is 0. The maximum absolute atomic E-state index is 12.9. The molecule has 2 N–H and O–H groups in total. The number of benzene rings is 1. The Hall–Kier alpha value is -2.22. The fourth-order valence-corrected chi connectivity index (χ4v) is 3.68. The molecule has 3 rings (SSSR count). The number of aryl methyl sites for hydroxylation is 2. The average Bonchev–Trinajstić information content (AvgIpc) is 2.73. The van der Waals surface area contributed by atoms with Gasteiger partial charge in [0.25, 0.3) is 5.91 Å². The van der Waals surface area contributed by atoms with E-state index >= 15 is 0 Å². The van der Waals surface area contributed by atoms with Crippen molar-refractivity contribution in [3.63, 3.8) is 0 Å². The number of hydrogen-bond donors (Lipinski definition) is 2. The molecule has 30 heavy (non-hydrogen) atoms. The van der Waals surface area contributed by atoms with Gasteiger partial charge in [0.1, 0.15) is 24.2 Å². The zero-order chi connectivity index (χ0) is 21.5. The van der Waals surface area contributed by atoms with E-state index in [1.165, 1.54) is 6.20 Å². The van der Waals surface area contributed by atoms with E-state index in [4.69, 9.17) is 16.3 Å². The summed E-state index contributed by atoms with van der Waals surface area (Å²) < 4.78 is 5.76. The van der Waals surface area contributed by atoms with Gasteiger partial charge in [0, 0.05) is 24.3 Å². The topological polar surface area (TPSA) is 95.8 Å². The summed E-state index contributed by atoms with van der Waals surface area (Å²) in [6, 6.07) is 5.42. The lowest BCUT2D eigenvalue weighted by atomic mass is 10.0. The van der Waals surface area contributed by atoms with Gasteiger partial charge in [0.05, 0.1) is 18.0 Å². The second-order valence-electron chi connectivity index (χ2n) is 7.63. The van der Waals surface area contributed by atoms with Crippen LogP contribution in [-0.2, 0) is 6.42 Å². The van der Waals surface area contributed by atoms with E-state index in [1.807, 2.05) is 6.07 Å². The number of rotatable bonds is 1. The van der Waals surface area contributed by atoms with Gasteiger partial charge in [0.15, 0.2) is 0 Å². The molecule has 1 aromatic carbocycles. The van der Waals surface area contributed by atoms with E-state index in [-0.39, 0.29) is 24.6 Å². The Balaban J connectivity index is 1.73. The molecule has 0 fully saturated rings. The lowest BCUT2D eigenvalue weighted by Gasteiger charge is -2.26. The molecule has 162 valence electrons. The van der Waals surface area contributed by atoms with Gasteiger partial charge in [-0.3, -0.25) is 9.78 Å². The zero-order valence-corrected chi connectivity index (χ0v) is 17.9. The number of ether oxygens (including phenoxy) is 1. The van der Waals surface area contributed by atoms with Crippen LogP contribution in [0.3, 0.4) is 0 Å². The van der Waals surface area contributed by atoms with Gasteiger partial charge in [-0.1, -0.05) is 18.0 Å². The molecule has 1 aliphatic rings. The van der Waals surface area contributed by atoms with Crippen LogP contribution in [0.1, 0.15) is 47.4 Å². The molecule has 0 radical (unpaired) electrons. The molecule has 7 nitrogen and oxygen atoms in total. The van der Waals surface area contributed by atoms with Crippen molar-refractivity contribution in [3.05, 3.63) is 52.6 Å². The van der Waals surface area contributed by atoms with Crippen LogP contribution in [0.5, 0.6) is 5.75 Å². The molecule has 0 saturated heterocycles. The van der Waals surface area contributed by atoms with E-state index < -0.39 is 12.2 Å². The number of aliphatic hydroxyl groups excluding tert-OH is 2. The summed E-state index contributed by atoms with van der Waals surface area (Å²) in [5.41, 5.74) is 1.94. The number of nitrogens with zero attached hydrogens (tertiary/aromatic N) is 3. The van der Waals surface area contributed by atoms with Gasteiger partial charge in [-0.05, 0) is 56.4 Å². The summed E-state index contributed by atoms with van der Waals surface area (Å²) in [5, 5.41) is 21.3. The van der Waals surface area contributed by atoms with Crippen molar-refractivity contribution in [1.82, 2.24) is 14.9 Å². The number of hydrogen-bond acceptors (Lipinski definition) is 6. The van der Waals surface area contributed by atoms with Gasteiger partial charge >= 0.3 is 0 Å². The molecule has 0 saturated carbocycles. The molecule has 1 aromatic heterocycles. The molecular formula is C22H28ClN3O4. The van der Waals surface area contributed by atoms with Gasteiger partial charge in [-0.25, -0.2) is 4.98 Å². The minimum Gasteiger partial charge on any atom is -0.491 e. The summed E-state index contributed by atoms with van der Waals surface area (Å²) in [4.78, 5) is 22.9. The van der Waals surface area contributed by atoms with Crippen molar-refractivity contribution in [1.29, 1.82) is 0 Å². The molecule has 0 unspecified atom stereocenters. The van der Waals surface area contributed by atoms with Crippen molar-refractivity contribution in [2.75, 3.05) is 19.7 Å².